The molecule has 29 heavy (non-hydrogen) atoms. The highest BCUT2D eigenvalue weighted by Gasteiger charge is 2.40. The van der Waals surface area contributed by atoms with Crippen LogP contribution in [0.2, 0.25) is 10.0 Å². The number of nitrogens with zero attached hydrogens (tertiary/aromatic N) is 1. The Morgan fingerprint density at radius 2 is 1.62 bits per heavy atom. The number of carbonyl (C=O) groups is 2. The first-order chi connectivity index (χ1) is 13.8. The van der Waals surface area contributed by atoms with E-state index in [1.165, 1.54) is 24.3 Å². The number of sulfonamides is 1. The van der Waals surface area contributed by atoms with Gasteiger partial charge in [-0.2, -0.15) is 4.31 Å². The molecule has 154 valence electrons. The molecule has 1 aliphatic heterocycles. The molecule has 0 bridgehead atoms. The molecule has 1 amide bonds. The molecule has 0 radical (unpaired) electrons. The quantitative estimate of drug-likeness (QED) is 0.672. The van der Waals surface area contributed by atoms with Crippen LogP contribution in [0.4, 0.5) is 5.69 Å². The third-order valence-electron chi connectivity index (χ3n) is 4.37. The van der Waals surface area contributed by atoms with Crippen LogP contribution >= 0.6 is 23.2 Å². The SMILES string of the molecule is O=C(COC(=O)C1CCCN1S(=O)(=O)c1ccc(Cl)cc1)Nc1ccc(Cl)cc1. The van der Waals surface area contributed by atoms with E-state index in [2.05, 4.69) is 5.32 Å². The summed E-state index contributed by atoms with van der Waals surface area (Å²) in [7, 11) is -3.88. The molecule has 2 aromatic rings. The molecule has 1 aliphatic rings. The van der Waals surface area contributed by atoms with Crippen molar-refractivity contribution in [2.24, 2.45) is 0 Å². The van der Waals surface area contributed by atoms with Crippen molar-refractivity contribution in [3.05, 3.63) is 58.6 Å². The van der Waals surface area contributed by atoms with Crippen molar-refractivity contribution in [2.45, 2.75) is 23.8 Å². The van der Waals surface area contributed by atoms with Crippen LogP contribution in [0.5, 0.6) is 0 Å². The van der Waals surface area contributed by atoms with Crippen molar-refractivity contribution in [1.29, 1.82) is 0 Å². The average Bonchev–Trinajstić information content (AvgIpc) is 3.19. The van der Waals surface area contributed by atoms with Gasteiger partial charge in [-0.3, -0.25) is 9.59 Å². The highest BCUT2D eigenvalue weighted by molar-refractivity contribution is 7.89. The highest BCUT2D eigenvalue weighted by Crippen LogP contribution is 2.27. The lowest BCUT2D eigenvalue weighted by molar-refractivity contribution is -0.150. The fraction of sp³-hybridized carbons (Fsp3) is 0.263. The number of esters is 1. The van der Waals surface area contributed by atoms with Gasteiger partial charge in [0.25, 0.3) is 5.91 Å². The van der Waals surface area contributed by atoms with Gasteiger partial charge in [0.1, 0.15) is 6.04 Å². The van der Waals surface area contributed by atoms with Crippen molar-refractivity contribution in [3.63, 3.8) is 0 Å². The van der Waals surface area contributed by atoms with Gasteiger partial charge in [-0.15, -0.1) is 0 Å². The number of halogens is 2. The molecular formula is C19H18Cl2N2O5S. The number of rotatable bonds is 6. The van der Waals surface area contributed by atoms with Crippen LogP contribution < -0.4 is 5.32 Å². The number of hydrogen-bond acceptors (Lipinski definition) is 5. The van der Waals surface area contributed by atoms with Crippen molar-refractivity contribution < 1.29 is 22.7 Å². The fourth-order valence-corrected chi connectivity index (χ4v) is 4.87. The lowest BCUT2D eigenvalue weighted by Gasteiger charge is -2.22. The molecule has 0 aromatic heterocycles. The van der Waals surface area contributed by atoms with E-state index in [0.717, 1.165) is 4.31 Å². The normalized spacial score (nSPS) is 17.1. The summed E-state index contributed by atoms with van der Waals surface area (Å²) in [6.07, 6.45) is 0.841. The number of nitrogens with one attached hydrogen (secondary N) is 1. The van der Waals surface area contributed by atoms with Gasteiger partial charge < -0.3 is 10.1 Å². The number of anilines is 1. The van der Waals surface area contributed by atoms with Gasteiger partial charge in [0.15, 0.2) is 6.61 Å². The molecule has 1 fully saturated rings. The van der Waals surface area contributed by atoms with Gasteiger partial charge in [-0.25, -0.2) is 8.42 Å². The molecule has 7 nitrogen and oxygen atoms in total. The van der Waals surface area contributed by atoms with Gasteiger partial charge in [0, 0.05) is 22.3 Å². The Labute approximate surface area is 178 Å². The minimum atomic E-state index is -3.88. The summed E-state index contributed by atoms with van der Waals surface area (Å²) in [5.74, 6) is -1.29. The average molecular weight is 457 g/mol. The molecule has 3 rings (SSSR count). The fourth-order valence-electron chi connectivity index (χ4n) is 2.97. The van der Waals surface area contributed by atoms with Crippen LogP contribution in [-0.4, -0.2) is 43.8 Å². The van der Waals surface area contributed by atoms with Crippen LogP contribution in [0.15, 0.2) is 53.4 Å². The van der Waals surface area contributed by atoms with E-state index in [0.29, 0.717) is 28.6 Å². The van der Waals surface area contributed by atoms with Crippen molar-refractivity contribution in [2.75, 3.05) is 18.5 Å². The lowest BCUT2D eigenvalue weighted by Crippen LogP contribution is -2.42. The van der Waals surface area contributed by atoms with E-state index in [9.17, 15) is 18.0 Å². The first-order valence-electron chi connectivity index (χ1n) is 8.77. The summed E-state index contributed by atoms with van der Waals surface area (Å²) < 4.78 is 31.9. The van der Waals surface area contributed by atoms with E-state index in [1.807, 2.05) is 0 Å². The van der Waals surface area contributed by atoms with Gasteiger partial charge >= 0.3 is 5.97 Å². The first-order valence-corrected chi connectivity index (χ1v) is 11.0. The van der Waals surface area contributed by atoms with E-state index < -0.39 is 34.5 Å². The maximum atomic E-state index is 12.9. The molecule has 1 atom stereocenters. The molecule has 2 aromatic carbocycles. The smallest absolute Gasteiger partial charge is 0.324 e. The van der Waals surface area contributed by atoms with Crippen molar-refractivity contribution >= 4 is 50.8 Å². The van der Waals surface area contributed by atoms with Crippen molar-refractivity contribution in [1.82, 2.24) is 4.31 Å². The van der Waals surface area contributed by atoms with Crippen LogP contribution in [0, 0.1) is 0 Å². The Kier molecular flexibility index (Phi) is 6.79. The van der Waals surface area contributed by atoms with Crippen LogP contribution in [-0.2, 0) is 24.3 Å². The molecule has 10 heteroatoms. The van der Waals surface area contributed by atoms with Crippen molar-refractivity contribution in [3.8, 4) is 0 Å². The summed E-state index contributed by atoms with van der Waals surface area (Å²) >= 11 is 11.6. The third kappa shape index (κ3) is 5.27. The maximum Gasteiger partial charge on any atom is 0.324 e. The summed E-state index contributed by atoms with van der Waals surface area (Å²) in [6, 6.07) is 11.2. The topological polar surface area (TPSA) is 92.8 Å². The zero-order chi connectivity index (χ0) is 21.0. The second-order valence-electron chi connectivity index (χ2n) is 6.39. The minimum Gasteiger partial charge on any atom is -0.454 e. The standard InChI is InChI=1S/C19H18Cl2N2O5S/c20-13-3-7-15(8-4-13)22-18(24)12-28-19(25)17-2-1-11-23(17)29(26,27)16-9-5-14(21)6-10-16/h3-10,17H,1-2,11-12H2,(H,22,24). The van der Waals surface area contributed by atoms with E-state index in [1.54, 1.807) is 24.3 Å². The number of carbonyl (C=O) groups excluding carboxylic acids is 2. The van der Waals surface area contributed by atoms with Crippen LogP contribution in [0.25, 0.3) is 0 Å². The van der Waals surface area contributed by atoms with Gasteiger partial charge in [-0.1, -0.05) is 23.2 Å². The van der Waals surface area contributed by atoms with Crippen LogP contribution in [0.1, 0.15) is 12.8 Å². The van der Waals surface area contributed by atoms with Gasteiger partial charge in [0.05, 0.1) is 4.90 Å². The van der Waals surface area contributed by atoms with E-state index in [4.69, 9.17) is 27.9 Å². The molecule has 0 saturated carbocycles. The number of hydrogen-bond donors (Lipinski definition) is 1. The second kappa shape index (κ2) is 9.13. The zero-order valence-electron chi connectivity index (χ0n) is 15.2. The highest BCUT2D eigenvalue weighted by atomic mass is 35.5. The van der Waals surface area contributed by atoms with E-state index >= 15 is 0 Å². The van der Waals surface area contributed by atoms with E-state index in [-0.39, 0.29) is 11.4 Å². The maximum absolute atomic E-state index is 12.9. The van der Waals surface area contributed by atoms with Gasteiger partial charge in [-0.05, 0) is 61.4 Å². The monoisotopic (exact) mass is 456 g/mol. The Bertz CT molecular complexity index is 994. The summed E-state index contributed by atoms with van der Waals surface area (Å²) in [5.41, 5.74) is 0.503. The summed E-state index contributed by atoms with van der Waals surface area (Å²) in [6.45, 7) is -0.325. The summed E-state index contributed by atoms with van der Waals surface area (Å²) in [4.78, 5) is 24.5. The largest absolute Gasteiger partial charge is 0.454 e. The molecule has 1 heterocycles. The second-order valence-corrected chi connectivity index (χ2v) is 9.15. The summed E-state index contributed by atoms with van der Waals surface area (Å²) in [5, 5.41) is 3.50. The Hall–Kier alpha value is -2.13. The number of amides is 1. The predicted octanol–water partition coefficient (Wildman–Crippen LogP) is 3.33. The minimum absolute atomic E-state index is 0.0436. The number of benzene rings is 2. The number of ether oxygens (including phenoxy) is 1. The Balaban J connectivity index is 1.61. The first kappa shape index (κ1) is 21.6. The molecule has 0 aliphatic carbocycles. The third-order valence-corrected chi connectivity index (χ3v) is 6.80. The zero-order valence-corrected chi connectivity index (χ0v) is 17.5. The molecule has 1 saturated heterocycles. The van der Waals surface area contributed by atoms with Gasteiger partial charge in [0.2, 0.25) is 10.0 Å². The molecular weight excluding hydrogens is 439 g/mol. The Morgan fingerprint density at radius 1 is 1.03 bits per heavy atom. The molecule has 1 N–H and O–H groups in total. The Morgan fingerprint density at radius 3 is 2.24 bits per heavy atom. The lowest BCUT2D eigenvalue weighted by atomic mass is 10.2. The molecule has 0 spiro atoms. The molecule has 1 unspecified atom stereocenters. The van der Waals surface area contributed by atoms with Crippen LogP contribution in [0.3, 0.4) is 0 Å². The predicted molar refractivity (Wildman–Crippen MR) is 109 cm³/mol.